The zero-order valence-corrected chi connectivity index (χ0v) is 10.1. The Morgan fingerprint density at radius 1 is 1.44 bits per heavy atom. The summed E-state index contributed by atoms with van der Waals surface area (Å²) in [6, 6.07) is 9.64. The van der Waals surface area contributed by atoms with Crippen molar-refractivity contribution in [2.24, 2.45) is 0 Å². The first kappa shape index (κ1) is 12.5. The van der Waals surface area contributed by atoms with Crippen molar-refractivity contribution in [3.8, 4) is 12.3 Å². The van der Waals surface area contributed by atoms with E-state index in [-0.39, 0.29) is 24.7 Å². The predicted molar refractivity (Wildman–Crippen MR) is 68.9 cm³/mol. The molecule has 2 atom stereocenters. The van der Waals surface area contributed by atoms with E-state index in [9.17, 15) is 4.79 Å². The van der Waals surface area contributed by atoms with Crippen molar-refractivity contribution >= 4 is 6.03 Å². The van der Waals surface area contributed by atoms with Gasteiger partial charge in [-0.05, 0) is 12.0 Å². The molecule has 0 aromatic heterocycles. The zero-order valence-electron chi connectivity index (χ0n) is 10.1. The van der Waals surface area contributed by atoms with Crippen LogP contribution in [0.4, 0.5) is 4.79 Å². The minimum Gasteiger partial charge on any atom is -0.371 e. The van der Waals surface area contributed by atoms with Crippen molar-refractivity contribution in [2.75, 3.05) is 13.2 Å². The summed E-state index contributed by atoms with van der Waals surface area (Å²) in [5, 5.41) is 5.48. The fraction of sp³-hybridized carbons (Fsp3) is 0.357. The molecule has 2 N–H and O–H groups in total. The van der Waals surface area contributed by atoms with Crippen LogP contribution in [0.25, 0.3) is 0 Å². The van der Waals surface area contributed by atoms with E-state index in [4.69, 9.17) is 11.2 Å². The first-order valence-electron chi connectivity index (χ1n) is 5.95. The maximum atomic E-state index is 11.6. The molecule has 0 saturated carbocycles. The van der Waals surface area contributed by atoms with Crippen LogP contribution in [0, 0.1) is 12.3 Å². The molecule has 2 rings (SSSR count). The van der Waals surface area contributed by atoms with Gasteiger partial charge in [-0.3, -0.25) is 0 Å². The number of carbonyl (C=O) groups excluding carboxylic acids is 1. The first-order valence-corrected chi connectivity index (χ1v) is 5.95. The maximum absolute atomic E-state index is 11.6. The summed E-state index contributed by atoms with van der Waals surface area (Å²) < 4.78 is 5.67. The molecule has 0 spiro atoms. The monoisotopic (exact) mass is 244 g/mol. The van der Waals surface area contributed by atoms with Crippen LogP contribution in [-0.4, -0.2) is 25.2 Å². The lowest BCUT2D eigenvalue weighted by Crippen LogP contribution is -2.43. The fourth-order valence-corrected chi connectivity index (χ4v) is 2.06. The third-order valence-electron chi connectivity index (χ3n) is 2.89. The van der Waals surface area contributed by atoms with Crippen molar-refractivity contribution in [2.45, 2.75) is 18.6 Å². The van der Waals surface area contributed by atoms with E-state index in [1.807, 2.05) is 30.3 Å². The molecule has 0 radical (unpaired) electrons. The standard InChI is InChI=1S/C14H16N2O2/c1-2-9-15-14(17)16-12-8-10-18-13(12)11-6-4-3-5-7-11/h1,3-7,12-13H,8-10H2,(H2,15,16,17)/t12-,13+/m0/s1. The molecule has 1 heterocycles. The van der Waals surface area contributed by atoms with Gasteiger partial charge in [0.15, 0.2) is 0 Å². The predicted octanol–water partition coefficient (Wildman–Crippen LogP) is 1.45. The molecule has 1 saturated heterocycles. The fourth-order valence-electron chi connectivity index (χ4n) is 2.06. The summed E-state index contributed by atoms with van der Waals surface area (Å²) in [6.45, 7) is 0.884. The summed E-state index contributed by atoms with van der Waals surface area (Å²) in [6.07, 6.45) is 5.81. The molecule has 0 unspecified atom stereocenters. The topological polar surface area (TPSA) is 50.4 Å². The summed E-state index contributed by atoms with van der Waals surface area (Å²) in [5.74, 6) is 2.36. The molecule has 0 aliphatic carbocycles. The van der Waals surface area contributed by atoms with Gasteiger partial charge in [0.2, 0.25) is 0 Å². The molecule has 4 heteroatoms. The van der Waals surface area contributed by atoms with Crippen LogP contribution in [0.2, 0.25) is 0 Å². The summed E-state index contributed by atoms with van der Waals surface area (Å²) in [5.41, 5.74) is 1.08. The largest absolute Gasteiger partial charge is 0.371 e. The highest BCUT2D eigenvalue weighted by Gasteiger charge is 2.30. The maximum Gasteiger partial charge on any atom is 0.315 e. The lowest BCUT2D eigenvalue weighted by molar-refractivity contribution is 0.1000. The molecule has 1 aromatic carbocycles. The van der Waals surface area contributed by atoms with E-state index >= 15 is 0 Å². The van der Waals surface area contributed by atoms with Crippen molar-refractivity contribution in [1.29, 1.82) is 0 Å². The van der Waals surface area contributed by atoms with Crippen LogP contribution < -0.4 is 10.6 Å². The smallest absolute Gasteiger partial charge is 0.315 e. The second-order valence-electron chi connectivity index (χ2n) is 4.13. The number of nitrogens with one attached hydrogen (secondary N) is 2. The average molecular weight is 244 g/mol. The normalized spacial score (nSPS) is 22.2. The second-order valence-corrected chi connectivity index (χ2v) is 4.13. The van der Waals surface area contributed by atoms with E-state index in [1.165, 1.54) is 0 Å². The Kier molecular flexibility index (Phi) is 4.21. The summed E-state index contributed by atoms with van der Waals surface area (Å²) >= 11 is 0. The van der Waals surface area contributed by atoms with Crippen molar-refractivity contribution < 1.29 is 9.53 Å². The molecule has 0 bridgehead atoms. The van der Waals surface area contributed by atoms with Crippen molar-refractivity contribution in [1.82, 2.24) is 10.6 Å². The van der Waals surface area contributed by atoms with Crippen LogP contribution in [-0.2, 0) is 4.74 Å². The van der Waals surface area contributed by atoms with Gasteiger partial charge in [0.05, 0.1) is 12.6 Å². The number of ether oxygens (including phenoxy) is 1. The lowest BCUT2D eigenvalue weighted by Gasteiger charge is -2.20. The van der Waals surface area contributed by atoms with Crippen LogP contribution in [0.3, 0.4) is 0 Å². The number of urea groups is 1. The molecule has 18 heavy (non-hydrogen) atoms. The van der Waals surface area contributed by atoms with Crippen molar-refractivity contribution in [3.63, 3.8) is 0 Å². The molecule has 4 nitrogen and oxygen atoms in total. The van der Waals surface area contributed by atoms with Crippen LogP contribution in [0.15, 0.2) is 30.3 Å². The van der Waals surface area contributed by atoms with Gasteiger partial charge in [-0.2, -0.15) is 0 Å². The molecule has 94 valence electrons. The van der Waals surface area contributed by atoms with E-state index in [2.05, 4.69) is 16.6 Å². The third-order valence-corrected chi connectivity index (χ3v) is 2.89. The van der Waals surface area contributed by atoms with Gasteiger partial charge in [-0.15, -0.1) is 6.42 Å². The SMILES string of the molecule is C#CCNC(=O)N[C@H]1CCO[C@@H]1c1ccccc1. The minimum absolute atomic E-state index is 0.00910. The van der Waals surface area contributed by atoms with E-state index in [1.54, 1.807) is 0 Å². The number of hydrogen-bond acceptors (Lipinski definition) is 2. The average Bonchev–Trinajstić information content (AvgIpc) is 2.85. The molecular weight excluding hydrogens is 228 g/mol. The Hall–Kier alpha value is -1.99. The Morgan fingerprint density at radius 3 is 2.94 bits per heavy atom. The first-order chi connectivity index (χ1) is 8.81. The van der Waals surface area contributed by atoms with Gasteiger partial charge < -0.3 is 15.4 Å². The molecule has 2 amide bonds. The highest BCUT2D eigenvalue weighted by molar-refractivity contribution is 5.74. The molecule has 1 aromatic rings. The third kappa shape index (κ3) is 3.02. The zero-order chi connectivity index (χ0) is 12.8. The number of amides is 2. The van der Waals surface area contributed by atoms with Crippen LogP contribution in [0.1, 0.15) is 18.1 Å². The quantitative estimate of drug-likeness (QED) is 0.791. The number of benzene rings is 1. The number of rotatable bonds is 3. The summed E-state index contributed by atoms with van der Waals surface area (Å²) in [7, 11) is 0. The lowest BCUT2D eigenvalue weighted by atomic mass is 10.0. The summed E-state index contributed by atoms with van der Waals surface area (Å²) in [4.78, 5) is 11.6. The minimum atomic E-state index is -0.246. The van der Waals surface area contributed by atoms with Gasteiger partial charge in [-0.25, -0.2) is 4.79 Å². The molecule has 1 fully saturated rings. The van der Waals surface area contributed by atoms with E-state index < -0.39 is 0 Å². The molecule has 1 aliphatic rings. The van der Waals surface area contributed by atoms with Gasteiger partial charge in [0.1, 0.15) is 6.10 Å². The Labute approximate surface area is 107 Å². The second kappa shape index (κ2) is 6.08. The van der Waals surface area contributed by atoms with Gasteiger partial charge in [0, 0.05) is 6.61 Å². The molecular formula is C14H16N2O2. The highest BCUT2D eigenvalue weighted by Crippen LogP contribution is 2.28. The number of hydrogen-bond donors (Lipinski definition) is 2. The highest BCUT2D eigenvalue weighted by atomic mass is 16.5. The van der Waals surface area contributed by atoms with Crippen LogP contribution in [0.5, 0.6) is 0 Å². The van der Waals surface area contributed by atoms with E-state index in [0.29, 0.717) is 6.61 Å². The van der Waals surface area contributed by atoms with E-state index in [0.717, 1.165) is 12.0 Å². The van der Waals surface area contributed by atoms with Crippen molar-refractivity contribution in [3.05, 3.63) is 35.9 Å². The van der Waals surface area contributed by atoms with Crippen LogP contribution >= 0.6 is 0 Å². The van der Waals surface area contributed by atoms with Gasteiger partial charge >= 0.3 is 6.03 Å². The number of carbonyl (C=O) groups is 1. The van der Waals surface area contributed by atoms with Gasteiger partial charge in [0.25, 0.3) is 0 Å². The number of terminal acetylenes is 1. The molecule has 1 aliphatic heterocycles. The Bertz CT molecular complexity index is 439. The van der Waals surface area contributed by atoms with Gasteiger partial charge in [-0.1, -0.05) is 36.3 Å². The Morgan fingerprint density at radius 2 is 2.22 bits per heavy atom. The Balaban J connectivity index is 1.96.